The summed E-state index contributed by atoms with van der Waals surface area (Å²) in [4.78, 5) is 11.2. The Hall–Kier alpha value is -3.78. The van der Waals surface area contributed by atoms with Crippen molar-refractivity contribution >= 4 is 23.5 Å². The number of hydrogen-bond acceptors (Lipinski definition) is 7. The molecular formula is C25H27N7O. The summed E-state index contributed by atoms with van der Waals surface area (Å²) in [6.07, 6.45) is 8.91. The van der Waals surface area contributed by atoms with Crippen LogP contribution in [0.4, 0.5) is 11.6 Å². The predicted octanol–water partition coefficient (Wildman–Crippen LogP) is 3.96. The summed E-state index contributed by atoms with van der Waals surface area (Å²) < 4.78 is 7.58. The second-order valence-corrected chi connectivity index (χ2v) is 8.56. The molecule has 3 aromatic rings. The van der Waals surface area contributed by atoms with Crippen LogP contribution in [0.1, 0.15) is 6.92 Å². The normalized spacial score (nSPS) is 20.5. The molecule has 0 radical (unpaired) electrons. The van der Waals surface area contributed by atoms with Crippen molar-refractivity contribution in [2.24, 2.45) is 16.9 Å². The molecule has 0 bridgehead atoms. The maximum Gasteiger partial charge on any atom is 0.160 e. The molecule has 5 rings (SSSR count). The van der Waals surface area contributed by atoms with Crippen molar-refractivity contribution in [1.82, 2.24) is 19.6 Å². The van der Waals surface area contributed by atoms with Crippen LogP contribution in [0.5, 0.6) is 0 Å². The lowest BCUT2D eigenvalue weighted by Gasteiger charge is -2.21. The van der Waals surface area contributed by atoms with Gasteiger partial charge in [-0.2, -0.15) is 14.7 Å². The van der Waals surface area contributed by atoms with Crippen LogP contribution in [-0.4, -0.2) is 52.1 Å². The van der Waals surface area contributed by atoms with E-state index in [1.54, 1.807) is 24.7 Å². The molecule has 2 aliphatic heterocycles. The van der Waals surface area contributed by atoms with E-state index in [-0.39, 0.29) is 0 Å². The fraction of sp³-hybridized carbons (Fsp3) is 0.280. The van der Waals surface area contributed by atoms with Gasteiger partial charge in [0.2, 0.25) is 0 Å². The number of nitrogens with one attached hydrogen (secondary N) is 1. The standard InChI is InChI=1S/C25H27N7O/c1-4-18(9-17(2)3)12-27-29-23-11-25(31-13-20-15-33-16-21(20)14-31)32-24(28-23)10-22(30-32)19-5-7-26-8-6-19/h4-12,20-21H,1-2,13-16H2,3H3,(H,28,29)/b18-9+,27-12+. The quantitative estimate of drug-likeness (QED) is 0.340. The summed E-state index contributed by atoms with van der Waals surface area (Å²) in [5.41, 5.74) is 7.49. The van der Waals surface area contributed by atoms with Gasteiger partial charge in [0.05, 0.1) is 25.1 Å². The zero-order valence-electron chi connectivity index (χ0n) is 18.7. The topological polar surface area (TPSA) is 79.9 Å². The highest BCUT2D eigenvalue weighted by molar-refractivity contribution is 5.83. The molecule has 8 heteroatoms. The first-order valence-corrected chi connectivity index (χ1v) is 11.0. The number of allylic oxidation sites excluding steroid dienone is 4. The molecule has 5 heterocycles. The molecule has 0 amide bonds. The van der Waals surface area contributed by atoms with E-state index in [2.05, 4.69) is 33.6 Å². The van der Waals surface area contributed by atoms with Crippen LogP contribution >= 0.6 is 0 Å². The Morgan fingerprint density at radius 2 is 1.97 bits per heavy atom. The number of rotatable bonds is 7. The van der Waals surface area contributed by atoms with Crippen molar-refractivity contribution < 1.29 is 4.74 Å². The van der Waals surface area contributed by atoms with Crippen LogP contribution in [-0.2, 0) is 4.74 Å². The largest absolute Gasteiger partial charge is 0.381 e. The Labute approximate surface area is 193 Å². The van der Waals surface area contributed by atoms with Crippen molar-refractivity contribution in [3.8, 4) is 11.3 Å². The van der Waals surface area contributed by atoms with E-state index in [0.29, 0.717) is 17.7 Å². The lowest BCUT2D eigenvalue weighted by molar-refractivity contribution is 0.177. The second-order valence-electron chi connectivity index (χ2n) is 8.56. The zero-order chi connectivity index (χ0) is 22.8. The highest BCUT2D eigenvalue weighted by Crippen LogP contribution is 2.34. The SMILES string of the molecule is C=CC(/C=N/Nc1cc(N2CC3COCC3C2)n2nc(-c3ccncc3)cc2n1)=C\C(=C)C. The number of fused-ring (bicyclic) bond motifs is 2. The average Bonchev–Trinajstić information content (AvgIpc) is 3.53. The lowest BCUT2D eigenvalue weighted by atomic mass is 10.0. The van der Waals surface area contributed by atoms with Crippen LogP contribution in [0.25, 0.3) is 16.9 Å². The van der Waals surface area contributed by atoms with E-state index >= 15 is 0 Å². The van der Waals surface area contributed by atoms with Gasteiger partial charge in [-0.15, -0.1) is 0 Å². The van der Waals surface area contributed by atoms with Gasteiger partial charge in [-0.3, -0.25) is 10.4 Å². The number of ether oxygens (including phenoxy) is 1. The van der Waals surface area contributed by atoms with E-state index in [0.717, 1.165) is 60.2 Å². The first kappa shape index (κ1) is 21.1. The average molecular weight is 442 g/mol. The van der Waals surface area contributed by atoms with Gasteiger partial charge in [0, 0.05) is 55.0 Å². The third-order valence-electron chi connectivity index (χ3n) is 5.99. The molecule has 3 aromatic heterocycles. The predicted molar refractivity (Wildman–Crippen MR) is 131 cm³/mol. The van der Waals surface area contributed by atoms with Gasteiger partial charge >= 0.3 is 0 Å². The molecule has 2 saturated heterocycles. The highest BCUT2D eigenvalue weighted by Gasteiger charge is 2.38. The third kappa shape index (κ3) is 4.42. The molecule has 1 N–H and O–H groups in total. The Morgan fingerprint density at radius 1 is 1.21 bits per heavy atom. The molecule has 2 unspecified atom stereocenters. The number of hydrogen-bond donors (Lipinski definition) is 1. The lowest BCUT2D eigenvalue weighted by Crippen LogP contribution is -2.25. The Kier molecular flexibility index (Phi) is 5.75. The molecule has 2 atom stereocenters. The Balaban J connectivity index is 1.50. The molecule has 8 nitrogen and oxygen atoms in total. The number of anilines is 2. The molecule has 0 spiro atoms. The number of pyridine rings is 1. The van der Waals surface area contributed by atoms with Crippen molar-refractivity contribution in [1.29, 1.82) is 0 Å². The minimum atomic E-state index is 0.556. The number of nitrogens with zero attached hydrogens (tertiary/aromatic N) is 6. The van der Waals surface area contributed by atoms with Gasteiger partial charge in [-0.1, -0.05) is 30.9 Å². The van der Waals surface area contributed by atoms with Crippen molar-refractivity contribution in [3.63, 3.8) is 0 Å². The summed E-state index contributed by atoms with van der Waals surface area (Å²) in [7, 11) is 0. The molecule has 33 heavy (non-hydrogen) atoms. The third-order valence-corrected chi connectivity index (χ3v) is 5.99. The van der Waals surface area contributed by atoms with E-state index in [4.69, 9.17) is 14.8 Å². The summed E-state index contributed by atoms with van der Waals surface area (Å²) >= 11 is 0. The van der Waals surface area contributed by atoms with E-state index in [9.17, 15) is 0 Å². The smallest absolute Gasteiger partial charge is 0.160 e. The van der Waals surface area contributed by atoms with Crippen LogP contribution in [0.2, 0.25) is 0 Å². The first-order valence-electron chi connectivity index (χ1n) is 11.0. The fourth-order valence-corrected chi connectivity index (χ4v) is 4.39. The van der Waals surface area contributed by atoms with Gasteiger partial charge in [-0.05, 0) is 24.6 Å². The van der Waals surface area contributed by atoms with Crippen molar-refractivity contribution in [2.45, 2.75) is 6.92 Å². The van der Waals surface area contributed by atoms with Crippen LogP contribution in [0.3, 0.4) is 0 Å². The summed E-state index contributed by atoms with van der Waals surface area (Å²) in [6, 6.07) is 7.90. The number of aromatic nitrogens is 4. The van der Waals surface area contributed by atoms with Gasteiger partial charge in [0.1, 0.15) is 5.82 Å². The van der Waals surface area contributed by atoms with Gasteiger partial charge in [0.25, 0.3) is 0 Å². The van der Waals surface area contributed by atoms with Crippen LogP contribution in [0, 0.1) is 11.8 Å². The second kappa shape index (κ2) is 8.99. The minimum absolute atomic E-state index is 0.556. The Bertz CT molecular complexity index is 1230. The maximum atomic E-state index is 5.66. The van der Waals surface area contributed by atoms with Crippen LogP contribution < -0.4 is 10.3 Å². The summed E-state index contributed by atoms with van der Waals surface area (Å²) in [5.74, 6) is 2.76. The van der Waals surface area contributed by atoms with Gasteiger partial charge < -0.3 is 9.64 Å². The summed E-state index contributed by atoms with van der Waals surface area (Å²) in [6.45, 7) is 13.2. The van der Waals surface area contributed by atoms with E-state index < -0.39 is 0 Å². The van der Waals surface area contributed by atoms with E-state index in [1.807, 2.05) is 41.8 Å². The van der Waals surface area contributed by atoms with Gasteiger partial charge in [-0.25, -0.2) is 4.98 Å². The van der Waals surface area contributed by atoms with Crippen molar-refractivity contribution in [3.05, 3.63) is 73.1 Å². The molecule has 2 fully saturated rings. The highest BCUT2D eigenvalue weighted by atomic mass is 16.5. The van der Waals surface area contributed by atoms with Crippen molar-refractivity contribution in [2.75, 3.05) is 36.6 Å². The molecule has 0 aliphatic carbocycles. The molecule has 2 aliphatic rings. The van der Waals surface area contributed by atoms with Crippen LogP contribution in [0.15, 0.2) is 78.2 Å². The monoisotopic (exact) mass is 441 g/mol. The molecule has 0 aromatic carbocycles. The maximum absolute atomic E-state index is 5.66. The summed E-state index contributed by atoms with van der Waals surface area (Å²) in [5, 5.41) is 9.24. The number of hydrazone groups is 1. The zero-order valence-corrected chi connectivity index (χ0v) is 18.7. The molecular weight excluding hydrogens is 414 g/mol. The fourth-order valence-electron chi connectivity index (χ4n) is 4.39. The minimum Gasteiger partial charge on any atom is -0.381 e. The first-order chi connectivity index (χ1) is 16.1. The van der Waals surface area contributed by atoms with Gasteiger partial charge in [0.15, 0.2) is 11.5 Å². The molecule has 168 valence electrons. The Morgan fingerprint density at radius 3 is 2.67 bits per heavy atom. The van der Waals surface area contributed by atoms with E-state index in [1.165, 1.54) is 0 Å². The molecule has 0 saturated carbocycles.